The second-order valence-corrected chi connectivity index (χ2v) is 11.2. The molecule has 174 valence electrons. The number of hydrogen-bond donors (Lipinski definition) is 1. The van der Waals surface area contributed by atoms with Crippen LogP contribution in [-0.2, 0) is 16.6 Å². The highest BCUT2D eigenvalue weighted by Gasteiger charge is 2.28. The average molecular weight is 486 g/mol. The number of nitrogens with zero attached hydrogens (tertiary/aromatic N) is 2. The van der Waals surface area contributed by atoms with Crippen LogP contribution >= 0.6 is 11.3 Å². The molecule has 1 unspecified atom stereocenters. The Morgan fingerprint density at radius 3 is 2.67 bits per heavy atom. The molecule has 1 N–H and O–H groups in total. The number of ether oxygens (including phenoxy) is 1. The van der Waals surface area contributed by atoms with Crippen LogP contribution in [0.25, 0.3) is 0 Å². The van der Waals surface area contributed by atoms with Crippen molar-refractivity contribution in [3.8, 4) is 5.75 Å². The molecule has 1 amide bonds. The molecule has 3 aromatic rings. The van der Waals surface area contributed by atoms with Gasteiger partial charge < -0.3 is 10.1 Å². The molecule has 1 fully saturated rings. The van der Waals surface area contributed by atoms with Gasteiger partial charge in [0.05, 0.1) is 21.2 Å². The number of aryl methyl sites for hydroxylation is 1. The second kappa shape index (κ2) is 10.0. The Morgan fingerprint density at radius 2 is 1.97 bits per heavy atom. The van der Waals surface area contributed by atoms with Crippen LogP contribution in [0.2, 0.25) is 0 Å². The van der Waals surface area contributed by atoms with E-state index in [-0.39, 0.29) is 17.4 Å². The van der Waals surface area contributed by atoms with Crippen molar-refractivity contribution in [3.05, 3.63) is 70.2 Å². The van der Waals surface area contributed by atoms with Crippen LogP contribution in [0.15, 0.2) is 58.8 Å². The van der Waals surface area contributed by atoms with E-state index >= 15 is 0 Å². The molecule has 0 aliphatic carbocycles. The summed E-state index contributed by atoms with van der Waals surface area (Å²) < 4.78 is 33.3. The molecule has 2 heterocycles. The first kappa shape index (κ1) is 23.4. The molecule has 4 rings (SSSR count). The van der Waals surface area contributed by atoms with E-state index in [9.17, 15) is 13.2 Å². The van der Waals surface area contributed by atoms with Gasteiger partial charge >= 0.3 is 0 Å². The molecule has 0 radical (unpaired) electrons. The van der Waals surface area contributed by atoms with Crippen molar-refractivity contribution in [2.45, 2.75) is 38.2 Å². The molecule has 7 nitrogen and oxygen atoms in total. The van der Waals surface area contributed by atoms with Gasteiger partial charge in [0, 0.05) is 24.2 Å². The summed E-state index contributed by atoms with van der Waals surface area (Å²) in [5, 5.41) is 5.71. The third-order valence-electron chi connectivity index (χ3n) is 5.54. The van der Waals surface area contributed by atoms with Crippen molar-refractivity contribution >= 4 is 33.0 Å². The Hall–Kier alpha value is -2.75. The maximum absolute atomic E-state index is 12.9. The number of carbonyl (C=O) groups excluding carboxylic acids is 1. The summed E-state index contributed by atoms with van der Waals surface area (Å²) in [6, 6.07) is 13.3. The van der Waals surface area contributed by atoms with E-state index < -0.39 is 10.0 Å². The molecule has 1 aliphatic heterocycles. The van der Waals surface area contributed by atoms with Crippen LogP contribution < -0.4 is 10.1 Å². The van der Waals surface area contributed by atoms with E-state index in [2.05, 4.69) is 17.2 Å². The smallest absolute Gasteiger partial charge is 0.259 e. The van der Waals surface area contributed by atoms with Crippen LogP contribution in [0.3, 0.4) is 0 Å². The molecule has 33 heavy (non-hydrogen) atoms. The minimum Gasteiger partial charge on any atom is -0.486 e. The first-order valence-corrected chi connectivity index (χ1v) is 13.2. The maximum atomic E-state index is 12.9. The SMILES string of the molecule is Cc1nc(COc2ccccc2C(=O)Nc2ccc(S(=O)(=O)N3CCCC(C)C3)cc2)cs1. The third kappa shape index (κ3) is 5.61. The highest BCUT2D eigenvalue weighted by Crippen LogP contribution is 2.25. The largest absolute Gasteiger partial charge is 0.486 e. The number of sulfonamides is 1. The van der Waals surface area contributed by atoms with Crippen LogP contribution in [0.5, 0.6) is 5.75 Å². The van der Waals surface area contributed by atoms with Crippen LogP contribution in [0, 0.1) is 12.8 Å². The lowest BCUT2D eigenvalue weighted by molar-refractivity contribution is 0.102. The number of rotatable bonds is 7. The van der Waals surface area contributed by atoms with Gasteiger partial charge in [-0.3, -0.25) is 4.79 Å². The molecule has 0 bridgehead atoms. The number of carbonyl (C=O) groups is 1. The van der Waals surface area contributed by atoms with Crippen molar-refractivity contribution in [2.24, 2.45) is 5.92 Å². The van der Waals surface area contributed by atoms with Crippen molar-refractivity contribution in [1.29, 1.82) is 0 Å². The van der Waals surface area contributed by atoms with Crippen LogP contribution in [-0.4, -0.2) is 36.7 Å². The molecule has 0 saturated carbocycles. The number of nitrogens with one attached hydrogen (secondary N) is 1. The molecule has 0 spiro atoms. The van der Waals surface area contributed by atoms with Gasteiger partial charge in [-0.2, -0.15) is 4.31 Å². The summed E-state index contributed by atoms with van der Waals surface area (Å²) in [6.45, 7) is 5.36. The van der Waals surface area contributed by atoms with Crippen molar-refractivity contribution in [1.82, 2.24) is 9.29 Å². The summed E-state index contributed by atoms with van der Waals surface area (Å²) >= 11 is 1.55. The lowest BCUT2D eigenvalue weighted by Gasteiger charge is -2.30. The predicted molar refractivity (Wildman–Crippen MR) is 129 cm³/mol. The predicted octanol–water partition coefficient (Wildman–Crippen LogP) is 4.70. The third-order valence-corrected chi connectivity index (χ3v) is 8.25. The number of hydrogen-bond acceptors (Lipinski definition) is 6. The van der Waals surface area contributed by atoms with Gasteiger partial charge in [-0.25, -0.2) is 13.4 Å². The van der Waals surface area contributed by atoms with E-state index in [0.29, 0.717) is 36.0 Å². The number of thiazole rings is 1. The first-order valence-electron chi connectivity index (χ1n) is 10.9. The number of piperidine rings is 1. The van der Waals surface area contributed by atoms with Gasteiger partial charge in [-0.1, -0.05) is 19.1 Å². The average Bonchev–Trinajstić information content (AvgIpc) is 3.23. The molecule has 1 aliphatic rings. The number of para-hydroxylation sites is 1. The Morgan fingerprint density at radius 1 is 1.21 bits per heavy atom. The van der Waals surface area contributed by atoms with Crippen molar-refractivity contribution in [3.63, 3.8) is 0 Å². The second-order valence-electron chi connectivity index (χ2n) is 8.23. The summed E-state index contributed by atoms with van der Waals surface area (Å²) in [7, 11) is -3.54. The lowest BCUT2D eigenvalue weighted by Crippen LogP contribution is -2.39. The van der Waals surface area contributed by atoms with Crippen molar-refractivity contribution < 1.29 is 17.9 Å². The zero-order valence-corrected chi connectivity index (χ0v) is 20.3. The Bertz CT molecular complexity index is 1220. The highest BCUT2D eigenvalue weighted by molar-refractivity contribution is 7.89. The maximum Gasteiger partial charge on any atom is 0.259 e. The van der Waals surface area contributed by atoms with Gasteiger partial charge in [-0.05, 0) is 62.1 Å². The van der Waals surface area contributed by atoms with Crippen molar-refractivity contribution in [2.75, 3.05) is 18.4 Å². The van der Waals surface area contributed by atoms with E-state index in [1.165, 1.54) is 12.1 Å². The monoisotopic (exact) mass is 485 g/mol. The summed E-state index contributed by atoms with van der Waals surface area (Å²) in [5.41, 5.74) is 1.71. The number of anilines is 1. The zero-order valence-electron chi connectivity index (χ0n) is 18.7. The molecular formula is C24H27N3O4S2. The van der Waals surface area contributed by atoms with E-state index in [0.717, 1.165) is 23.5 Å². The zero-order chi connectivity index (χ0) is 23.4. The summed E-state index contributed by atoms with van der Waals surface area (Å²) in [4.78, 5) is 17.5. The number of amides is 1. The summed E-state index contributed by atoms with van der Waals surface area (Å²) in [6.07, 6.45) is 1.92. The van der Waals surface area contributed by atoms with Gasteiger partial charge in [0.1, 0.15) is 12.4 Å². The fraction of sp³-hybridized carbons (Fsp3) is 0.333. The Balaban J connectivity index is 1.44. The molecule has 1 atom stereocenters. The highest BCUT2D eigenvalue weighted by atomic mass is 32.2. The van der Waals surface area contributed by atoms with Gasteiger partial charge in [0.2, 0.25) is 10.0 Å². The number of aromatic nitrogens is 1. The quantitative estimate of drug-likeness (QED) is 0.524. The normalized spacial score (nSPS) is 17.0. The standard InChI is InChI=1S/C24H27N3O4S2/c1-17-6-5-13-27(14-17)33(29,30)21-11-9-19(10-12-21)26-24(28)22-7-3-4-8-23(22)31-15-20-16-32-18(2)25-20/h3-4,7-12,16-17H,5-6,13-15H2,1-2H3,(H,26,28). The first-order chi connectivity index (χ1) is 15.8. The molecule has 2 aromatic carbocycles. The molecule has 9 heteroatoms. The topological polar surface area (TPSA) is 88.6 Å². The Labute approximate surface area is 198 Å². The molecule has 1 aromatic heterocycles. The minimum absolute atomic E-state index is 0.233. The van der Waals surface area contributed by atoms with E-state index in [1.807, 2.05) is 12.3 Å². The fourth-order valence-corrected chi connectivity index (χ4v) is 6.02. The molecule has 1 saturated heterocycles. The van der Waals surface area contributed by atoms with Gasteiger partial charge in [0.25, 0.3) is 5.91 Å². The summed E-state index contributed by atoms with van der Waals surface area (Å²) in [5.74, 6) is 0.480. The van der Waals surface area contributed by atoms with Gasteiger partial charge in [-0.15, -0.1) is 11.3 Å². The lowest BCUT2D eigenvalue weighted by atomic mass is 10.0. The van der Waals surface area contributed by atoms with E-state index in [4.69, 9.17) is 4.74 Å². The Kier molecular flexibility index (Phi) is 7.11. The van der Waals surface area contributed by atoms with Crippen LogP contribution in [0.4, 0.5) is 5.69 Å². The fourth-order valence-electron chi connectivity index (χ4n) is 3.83. The van der Waals surface area contributed by atoms with Crippen LogP contribution in [0.1, 0.15) is 40.8 Å². The van der Waals surface area contributed by atoms with Gasteiger partial charge in [0.15, 0.2) is 0 Å². The number of benzene rings is 2. The van der Waals surface area contributed by atoms with E-state index in [1.54, 1.807) is 52.0 Å². The molecular weight excluding hydrogens is 458 g/mol. The minimum atomic E-state index is -3.54.